The van der Waals surface area contributed by atoms with Gasteiger partial charge in [0.1, 0.15) is 0 Å². The van der Waals surface area contributed by atoms with Crippen LogP contribution in [0.25, 0.3) is 11.1 Å². The van der Waals surface area contributed by atoms with Gasteiger partial charge in [-0.1, -0.05) is 18.2 Å². The van der Waals surface area contributed by atoms with Gasteiger partial charge in [-0.3, -0.25) is 14.5 Å². The summed E-state index contributed by atoms with van der Waals surface area (Å²) in [5.74, 6) is -0.278. The highest BCUT2D eigenvalue weighted by molar-refractivity contribution is 5.72. The van der Waals surface area contributed by atoms with Crippen LogP contribution in [0.15, 0.2) is 57.9 Å². The number of oxazole rings is 1. The van der Waals surface area contributed by atoms with Crippen molar-refractivity contribution < 1.29 is 4.42 Å². The standard InChI is InChI=1S/C18H19N3O2/c22-18-21(16-7-1-2-9-17(16)23-18)13-12-20-11-5-8-15(20)14-6-3-4-10-19-14/h1-4,6-7,9-10,15H,5,8,11-13H2/t15-/m1/s1. The molecule has 0 radical (unpaired) electrons. The number of pyridine rings is 1. The van der Waals surface area contributed by atoms with Gasteiger partial charge in [-0.05, 0) is 43.7 Å². The Balaban J connectivity index is 1.54. The number of para-hydroxylation sites is 2. The van der Waals surface area contributed by atoms with Gasteiger partial charge < -0.3 is 4.42 Å². The minimum absolute atomic E-state index is 0.278. The normalized spacial score (nSPS) is 18.7. The molecule has 0 unspecified atom stereocenters. The van der Waals surface area contributed by atoms with E-state index in [2.05, 4.69) is 16.0 Å². The minimum Gasteiger partial charge on any atom is -0.408 e. The number of benzene rings is 1. The quantitative estimate of drug-likeness (QED) is 0.743. The van der Waals surface area contributed by atoms with E-state index in [9.17, 15) is 4.79 Å². The van der Waals surface area contributed by atoms with Gasteiger partial charge in [0.25, 0.3) is 0 Å². The highest BCUT2D eigenvalue weighted by Gasteiger charge is 2.26. The second-order valence-corrected chi connectivity index (χ2v) is 5.94. The van der Waals surface area contributed by atoms with Crippen LogP contribution in [-0.2, 0) is 6.54 Å². The molecule has 1 aliphatic rings. The number of nitrogens with zero attached hydrogens (tertiary/aromatic N) is 3. The second kappa shape index (κ2) is 6.01. The van der Waals surface area contributed by atoms with Crippen LogP contribution in [0.5, 0.6) is 0 Å². The third-order valence-corrected chi connectivity index (χ3v) is 4.58. The van der Waals surface area contributed by atoms with Crippen LogP contribution in [0.2, 0.25) is 0 Å². The maximum Gasteiger partial charge on any atom is 0.419 e. The molecule has 3 heterocycles. The van der Waals surface area contributed by atoms with Crippen LogP contribution in [-0.4, -0.2) is 27.5 Å². The Morgan fingerprint density at radius 1 is 1.13 bits per heavy atom. The van der Waals surface area contributed by atoms with E-state index in [1.54, 1.807) is 4.57 Å². The number of hydrogen-bond acceptors (Lipinski definition) is 4. The Bertz CT molecular complexity index is 853. The monoisotopic (exact) mass is 309 g/mol. The molecule has 0 bridgehead atoms. The molecule has 0 aliphatic carbocycles. The molecule has 0 spiro atoms. The molecule has 4 rings (SSSR count). The maximum absolute atomic E-state index is 12.1. The Kier molecular flexibility index (Phi) is 3.71. The summed E-state index contributed by atoms with van der Waals surface area (Å²) in [5.41, 5.74) is 2.64. The van der Waals surface area contributed by atoms with Gasteiger partial charge in [-0.15, -0.1) is 0 Å². The molecule has 0 amide bonds. The summed E-state index contributed by atoms with van der Waals surface area (Å²) in [4.78, 5) is 19.0. The maximum atomic E-state index is 12.1. The van der Waals surface area contributed by atoms with Gasteiger partial charge >= 0.3 is 5.76 Å². The molecule has 2 aromatic heterocycles. The number of hydrogen-bond donors (Lipinski definition) is 0. The first-order chi connectivity index (χ1) is 11.3. The first kappa shape index (κ1) is 14.2. The zero-order chi connectivity index (χ0) is 15.6. The van der Waals surface area contributed by atoms with Crippen LogP contribution < -0.4 is 5.76 Å². The van der Waals surface area contributed by atoms with Crippen molar-refractivity contribution in [2.45, 2.75) is 25.4 Å². The average Bonchev–Trinajstić information content (AvgIpc) is 3.17. The second-order valence-electron chi connectivity index (χ2n) is 5.94. The van der Waals surface area contributed by atoms with Gasteiger partial charge in [0.15, 0.2) is 5.58 Å². The third kappa shape index (κ3) is 2.68. The van der Waals surface area contributed by atoms with Crippen molar-refractivity contribution in [1.82, 2.24) is 14.5 Å². The Hall–Kier alpha value is -2.40. The lowest BCUT2D eigenvalue weighted by molar-refractivity contribution is 0.241. The molecule has 1 aromatic carbocycles. The number of likely N-dealkylation sites (tertiary alicyclic amines) is 1. The van der Waals surface area contributed by atoms with Crippen LogP contribution in [0.1, 0.15) is 24.6 Å². The van der Waals surface area contributed by atoms with Gasteiger partial charge in [0.05, 0.1) is 17.3 Å². The minimum atomic E-state index is -0.278. The molecular weight excluding hydrogens is 290 g/mol. The fraction of sp³-hybridized carbons (Fsp3) is 0.333. The van der Waals surface area contributed by atoms with Crippen molar-refractivity contribution in [3.8, 4) is 0 Å². The summed E-state index contributed by atoms with van der Waals surface area (Å²) in [5, 5.41) is 0. The molecule has 1 saturated heterocycles. The van der Waals surface area contributed by atoms with E-state index in [0.29, 0.717) is 18.2 Å². The van der Waals surface area contributed by atoms with E-state index in [-0.39, 0.29) is 5.76 Å². The van der Waals surface area contributed by atoms with E-state index >= 15 is 0 Å². The summed E-state index contributed by atoms with van der Waals surface area (Å²) in [7, 11) is 0. The molecule has 118 valence electrons. The van der Waals surface area contributed by atoms with Crippen LogP contribution in [0, 0.1) is 0 Å². The fourth-order valence-electron chi connectivity index (χ4n) is 3.46. The summed E-state index contributed by atoms with van der Waals surface area (Å²) < 4.78 is 7.03. The Morgan fingerprint density at radius 2 is 2.00 bits per heavy atom. The van der Waals surface area contributed by atoms with E-state index < -0.39 is 0 Å². The molecule has 3 aromatic rings. The van der Waals surface area contributed by atoms with Crippen LogP contribution in [0.3, 0.4) is 0 Å². The fourth-order valence-corrected chi connectivity index (χ4v) is 3.46. The highest BCUT2D eigenvalue weighted by atomic mass is 16.4. The molecule has 0 saturated carbocycles. The number of rotatable bonds is 4. The summed E-state index contributed by atoms with van der Waals surface area (Å²) in [6.45, 7) is 2.51. The van der Waals surface area contributed by atoms with E-state index in [4.69, 9.17) is 4.42 Å². The third-order valence-electron chi connectivity index (χ3n) is 4.58. The first-order valence-corrected chi connectivity index (χ1v) is 8.06. The van der Waals surface area contributed by atoms with Crippen molar-refractivity contribution in [3.63, 3.8) is 0 Å². The largest absolute Gasteiger partial charge is 0.419 e. The number of fused-ring (bicyclic) bond motifs is 1. The summed E-state index contributed by atoms with van der Waals surface area (Å²) in [6, 6.07) is 14.0. The zero-order valence-electron chi connectivity index (χ0n) is 12.9. The highest BCUT2D eigenvalue weighted by Crippen LogP contribution is 2.30. The molecule has 1 atom stereocenters. The van der Waals surface area contributed by atoms with E-state index in [1.807, 2.05) is 42.6 Å². The smallest absolute Gasteiger partial charge is 0.408 e. The van der Waals surface area contributed by atoms with Gasteiger partial charge in [0, 0.05) is 19.3 Å². The molecule has 5 heteroatoms. The topological polar surface area (TPSA) is 51.3 Å². The van der Waals surface area contributed by atoms with E-state index in [0.717, 1.165) is 30.7 Å². The van der Waals surface area contributed by atoms with Crippen molar-refractivity contribution >= 4 is 11.1 Å². The zero-order valence-corrected chi connectivity index (χ0v) is 12.9. The lowest BCUT2D eigenvalue weighted by Crippen LogP contribution is -2.30. The molecule has 23 heavy (non-hydrogen) atoms. The Labute approximate surface area is 134 Å². The van der Waals surface area contributed by atoms with Gasteiger partial charge in [-0.2, -0.15) is 0 Å². The van der Waals surface area contributed by atoms with Crippen molar-refractivity contribution in [2.75, 3.05) is 13.1 Å². The van der Waals surface area contributed by atoms with E-state index in [1.165, 1.54) is 6.42 Å². The predicted molar refractivity (Wildman–Crippen MR) is 88.3 cm³/mol. The van der Waals surface area contributed by atoms with Gasteiger partial charge in [-0.25, -0.2) is 4.79 Å². The first-order valence-electron chi connectivity index (χ1n) is 8.06. The van der Waals surface area contributed by atoms with Crippen LogP contribution in [0.4, 0.5) is 0 Å². The lowest BCUT2D eigenvalue weighted by Gasteiger charge is -2.23. The SMILES string of the molecule is O=c1oc2ccccc2n1CCN1CCC[C@@H]1c1ccccn1. The predicted octanol–water partition coefficient (Wildman–Crippen LogP) is 2.83. The number of aromatic nitrogens is 2. The molecular formula is C18H19N3O2. The molecule has 1 aliphatic heterocycles. The summed E-state index contributed by atoms with van der Waals surface area (Å²) >= 11 is 0. The molecule has 1 fully saturated rings. The van der Waals surface area contributed by atoms with Crippen molar-refractivity contribution in [1.29, 1.82) is 0 Å². The van der Waals surface area contributed by atoms with Gasteiger partial charge in [0.2, 0.25) is 0 Å². The van der Waals surface area contributed by atoms with Crippen molar-refractivity contribution in [3.05, 3.63) is 64.9 Å². The molecule has 5 nitrogen and oxygen atoms in total. The average molecular weight is 309 g/mol. The Morgan fingerprint density at radius 3 is 2.87 bits per heavy atom. The molecule has 0 N–H and O–H groups in total. The summed E-state index contributed by atoms with van der Waals surface area (Å²) in [6.07, 6.45) is 4.14. The van der Waals surface area contributed by atoms with Crippen molar-refractivity contribution in [2.24, 2.45) is 0 Å². The lowest BCUT2D eigenvalue weighted by atomic mass is 10.1. The van der Waals surface area contributed by atoms with Crippen LogP contribution >= 0.6 is 0 Å².